The maximum absolute atomic E-state index is 12.6. The number of aliphatic hydroxyl groups is 1. The Morgan fingerprint density at radius 1 is 1.26 bits per heavy atom. The average Bonchev–Trinajstić information content (AvgIpc) is 2.83. The van der Waals surface area contributed by atoms with Crippen molar-refractivity contribution >= 4 is 10.9 Å². The van der Waals surface area contributed by atoms with Crippen LogP contribution in [-0.4, -0.2) is 14.7 Å². The molecule has 0 fully saturated rings. The van der Waals surface area contributed by atoms with Gasteiger partial charge in [0.15, 0.2) is 0 Å². The van der Waals surface area contributed by atoms with Gasteiger partial charge in [0, 0.05) is 5.56 Å². The van der Waals surface area contributed by atoms with Crippen LogP contribution in [0.4, 0.5) is 0 Å². The Labute approximate surface area is 132 Å². The Hall–Kier alpha value is -2.60. The fourth-order valence-electron chi connectivity index (χ4n) is 2.90. The maximum Gasteiger partial charge on any atom is 0.328 e. The minimum atomic E-state index is -1.40. The van der Waals surface area contributed by atoms with Crippen molar-refractivity contribution in [2.24, 2.45) is 0 Å². The molecule has 0 saturated heterocycles. The van der Waals surface area contributed by atoms with Gasteiger partial charge in [-0.3, -0.25) is 9.36 Å². The van der Waals surface area contributed by atoms with Gasteiger partial charge in [-0.15, -0.1) is 0 Å². The highest BCUT2D eigenvalue weighted by Crippen LogP contribution is 2.27. The fourth-order valence-corrected chi connectivity index (χ4v) is 2.90. The number of H-pyrrole nitrogens is 1. The van der Waals surface area contributed by atoms with Crippen LogP contribution in [-0.2, 0) is 12.1 Å². The van der Waals surface area contributed by atoms with Crippen molar-refractivity contribution < 1.29 is 9.52 Å². The second kappa shape index (κ2) is 5.24. The van der Waals surface area contributed by atoms with Crippen LogP contribution in [0.3, 0.4) is 0 Å². The number of aromatic amines is 1. The summed E-state index contributed by atoms with van der Waals surface area (Å²) in [6.45, 7) is 4.92. The topological polar surface area (TPSA) is 88.2 Å². The van der Waals surface area contributed by atoms with Gasteiger partial charge in [0.05, 0.1) is 17.4 Å². The zero-order chi connectivity index (χ0) is 16.8. The summed E-state index contributed by atoms with van der Waals surface area (Å²) in [7, 11) is 0. The molecule has 3 rings (SSSR count). The van der Waals surface area contributed by atoms with Crippen LogP contribution in [0.25, 0.3) is 10.9 Å². The molecule has 3 aromatic rings. The van der Waals surface area contributed by atoms with Gasteiger partial charge in [-0.1, -0.05) is 12.1 Å². The smallest absolute Gasteiger partial charge is 0.328 e. The van der Waals surface area contributed by atoms with Crippen molar-refractivity contribution in [3.05, 3.63) is 68.3 Å². The van der Waals surface area contributed by atoms with Gasteiger partial charge in [0.2, 0.25) is 0 Å². The third-order valence-corrected chi connectivity index (χ3v) is 3.98. The van der Waals surface area contributed by atoms with Crippen LogP contribution in [0.5, 0.6) is 0 Å². The van der Waals surface area contributed by atoms with Gasteiger partial charge < -0.3 is 14.5 Å². The summed E-state index contributed by atoms with van der Waals surface area (Å²) in [6.07, 6.45) is 0. The van der Waals surface area contributed by atoms with Crippen LogP contribution in [0.1, 0.15) is 24.0 Å². The summed E-state index contributed by atoms with van der Waals surface area (Å²) in [5.74, 6) is 1.23. The Morgan fingerprint density at radius 2 is 1.96 bits per heavy atom. The van der Waals surface area contributed by atoms with Crippen LogP contribution in [0, 0.1) is 13.8 Å². The monoisotopic (exact) mass is 314 g/mol. The van der Waals surface area contributed by atoms with Crippen LogP contribution < -0.4 is 11.2 Å². The second-order valence-corrected chi connectivity index (χ2v) is 5.97. The molecule has 6 nitrogen and oxygen atoms in total. The molecular formula is C17H18N2O4. The van der Waals surface area contributed by atoms with Gasteiger partial charge in [-0.25, -0.2) is 4.79 Å². The van der Waals surface area contributed by atoms with E-state index in [9.17, 15) is 14.7 Å². The molecule has 0 aliphatic heterocycles. The first-order valence-corrected chi connectivity index (χ1v) is 7.31. The van der Waals surface area contributed by atoms with E-state index in [1.807, 2.05) is 0 Å². The second-order valence-electron chi connectivity index (χ2n) is 5.97. The molecule has 0 saturated carbocycles. The van der Waals surface area contributed by atoms with Gasteiger partial charge in [-0.2, -0.15) is 0 Å². The molecule has 1 atom stereocenters. The van der Waals surface area contributed by atoms with E-state index in [0.29, 0.717) is 28.0 Å². The predicted octanol–water partition coefficient (Wildman–Crippen LogP) is 1.81. The Kier molecular flexibility index (Phi) is 3.49. The number of hydrogen-bond acceptors (Lipinski definition) is 4. The van der Waals surface area contributed by atoms with E-state index in [2.05, 4.69) is 4.98 Å². The predicted molar refractivity (Wildman–Crippen MR) is 86.6 cm³/mol. The van der Waals surface area contributed by atoms with E-state index in [0.717, 1.165) is 4.57 Å². The average molecular weight is 314 g/mol. The molecule has 0 amide bonds. The Morgan fingerprint density at radius 3 is 2.61 bits per heavy atom. The van der Waals surface area contributed by atoms with Crippen molar-refractivity contribution in [2.75, 3.05) is 0 Å². The number of benzene rings is 1. The first kappa shape index (κ1) is 15.3. The molecule has 23 heavy (non-hydrogen) atoms. The number of furan rings is 1. The van der Waals surface area contributed by atoms with Gasteiger partial charge >= 0.3 is 5.69 Å². The highest BCUT2D eigenvalue weighted by molar-refractivity contribution is 5.76. The van der Waals surface area contributed by atoms with E-state index in [1.54, 1.807) is 51.1 Å². The van der Waals surface area contributed by atoms with E-state index in [-0.39, 0.29) is 6.54 Å². The van der Waals surface area contributed by atoms with Crippen molar-refractivity contribution in [1.82, 2.24) is 9.55 Å². The highest BCUT2D eigenvalue weighted by atomic mass is 16.3. The first-order valence-electron chi connectivity index (χ1n) is 7.31. The first-order chi connectivity index (χ1) is 10.8. The molecule has 0 bridgehead atoms. The van der Waals surface area contributed by atoms with Gasteiger partial charge in [0.1, 0.15) is 17.1 Å². The fraction of sp³-hybridized carbons (Fsp3) is 0.294. The minimum absolute atomic E-state index is 0.161. The molecule has 0 spiro atoms. The van der Waals surface area contributed by atoms with E-state index in [4.69, 9.17) is 4.42 Å². The normalized spacial score (nSPS) is 14.1. The largest absolute Gasteiger partial charge is 0.466 e. The number of hydrogen-bond donors (Lipinski definition) is 2. The zero-order valence-electron chi connectivity index (χ0n) is 13.2. The quantitative estimate of drug-likeness (QED) is 0.771. The third kappa shape index (κ3) is 2.61. The number of fused-ring (bicyclic) bond motifs is 1. The SMILES string of the molecule is Cc1cc(C(C)(O)Cn2c(=O)[nH]c3ccccc3c2=O)c(C)o1. The number of nitrogens with zero attached hydrogens (tertiary/aromatic N) is 1. The number of nitrogens with one attached hydrogen (secondary N) is 1. The summed E-state index contributed by atoms with van der Waals surface area (Å²) >= 11 is 0. The van der Waals surface area contributed by atoms with Crippen LogP contribution in [0.2, 0.25) is 0 Å². The number of aryl methyl sites for hydroxylation is 2. The molecular weight excluding hydrogens is 296 g/mol. The third-order valence-electron chi connectivity index (χ3n) is 3.98. The summed E-state index contributed by atoms with van der Waals surface area (Å²) in [6, 6.07) is 8.51. The molecule has 0 aliphatic rings. The number of rotatable bonds is 3. The maximum atomic E-state index is 12.6. The van der Waals surface area contributed by atoms with Crippen molar-refractivity contribution in [3.8, 4) is 0 Å². The van der Waals surface area contributed by atoms with Crippen molar-refractivity contribution in [3.63, 3.8) is 0 Å². The lowest BCUT2D eigenvalue weighted by Gasteiger charge is -2.23. The summed E-state index contributed by atoms with van der Waals surface area (Å²) in [5.41, 5.74) is -1.33. The van der Waals surface area contributed by atoms with E-state index in [1.165, 1.54) is 0 Å². The summed E-state index contributed by atoms with van der Waals surface area (Å²) in [4.78, 5) is 27.4. The van der Waals surface area contributed by atoms with Crippen LogP contribution in [0.15, 0.2) is 44.3 Å². The molecule has 0 aliphatic carbocycles. The standard InChI is InChI=1S/C17H18N2O4/c1-10-8-13(11(2)23-10)17(3,22)9-19-15(20)12-6-4-5-7-14(12)18-16(19)21/h4-8,22H,9H2,1-3H3,(H,18,21). The van der Waals surface area contributed by atoms with Gasteiger partial charge in [-0.05, 0) is 39.0 Å². The molecule has 0 radical (unpaired) electrons. The van der Waals surface area contributed by atoms with Gasteiger partial charge in [0.25, 0.3) is 5.56 Å². The van der Waals surface area contributed by atoms with Crippen molar-refractivity contribution in [2.45, 2.75) is 32.9 Å². The van der Waals surface area contributed by atoms with E-state index < -0.39 is 16.9 Å². The Balaban J connectivity index is 2.13. The number of aromatic nitrogens is 2. The molecule has 2 N–H and O–H groups in total. The lowest BCUT2D eigenvalue weighted by molar-refractivity contribution is 0.0347. The molecule has 120 valence electrons. The molecule has 2 aromatic heterocycles. The molecule has 1 unspecified atom stereocenters. The van der Waals surface area contributed by atoms with Crippen molar-refractivity contribution in [1.29, 1.82) is 0 Å². The highest BCUT2D eigenvalue weighted by Gasteiger charge is 2.29. The number of para-hydroxylation sites is 1. The van der Waals surface area contributed by atoms with Crippen LogP contribution >= 0.6 is 0 Å². The Bertz CT molecular complexity index is 992. The lowest BCUT2D eigenvalue weighted by atomic mass is 9.96. The lowest BCUT2D eigenvalue weighted by Crippen LogP contribution is -2.41. The summed E-state index contributed by atoms with van der Waals surface area (Å²) in [5, 5.41) is 11.2. The molecule has 1 aromatic carbocycles. The summed E-state index contributed by atoms with van der Waals surface area (Å²) < 4.78 is 6.45. The zero-order valence-corrected chi connectivity index (χ0v) is 13.2. The molecule has 2 heterocycles. The van der Waals surface area contributed by atoms with E-state index >= 15 is 0 Å². The molecule has 6 heteroatoms. The minimum Gasteiger partial charge on any atom is -0.466 e.